The topological polar surface area (TPSA) is 106 Å². The zero-order valence-electron chi connectivity index (χ0n) is 21.6. The predicted octanol–water partition coefficient (Wildman–Crippen LogP) is 3.20. The van der Waals surface area contributed by atoms with Crippen LogP contribution in [0.3, 0.4) is 0 Å². The van der Waals surface area contributed by atoms with Gasteiger partial charge >= 0.3 is 0 Å². The van der Waals surface area contributed by atoms with Crippen molar-refractivity contribution in [2.75, 3.05) is 43.0 Å². The van der Waals surface area contributed by atoms with Gasteiger partial charge in [0, 0.05) is 44.8 Å². The second kappa shape index (κ2) is 11.7. The van der Waals surface area contributed by atoms with Crippen LogP contribution in [0.2, 0.25) is 0 Å². The minimum absolute atomic E-state index is 0.211. The van der Waals surface area contributed by atoms with E-state index < -0.39 is 0 Å². The standard InChI is InChI=1S/C28H33N7O2/c1-20(2)10-15-35-26(27(37)32-18-24-22-8-5-4-7-21(22)9-12-31-24)25(33(3)19-36)23(17-29)28(35)34-14-6-11-30-13-16-34/h4-5,7-10,12,19,30H,6,11,13-16,18H2,1-3H3,(H,32,37). The quantitative estimate of drug-likeness (QED) is 0.364. The summed E-state index contributed by atoms with van der Waals surface area (Å²) in [4.78, 5) is 33.7. The van der Waals surface area contributed by atoms with E-state index in [1.54, 1.807) is 13.2 Å². The summed E-state index contributed by atoms with van der Waals surface area (Å²) in [7, 11) is 1.57. The molecule has 2 N–H and O–H groups in total. The van der Waals surface area contributed by atoms with Crippen LogP contribution in [0, 0.1) is 11.3 Å². The molecule has 0 bridgehead atoms. The summed E-state index contributed by atoms with van der Waals surface area (Å²) in [6, 6.07) is 12.1. The van der Waals surface area contributed by atoms with E-state index >= 15 is 0 Å². The summed E-state index contributed by atoms with van der Waals surface area (Å²) in [5.41, 5.74) is 2.77. The minimum atomic E-state index is -0.365. The number of amides is 2. The van der Waals surface area contributed by atoms with Crippen LogP contribution in [0.15, 0.2) is 48.2 Å². The summed E-state index contributed by atoms with van der Waals surface area (Å²) in [6.07, 6.45) is 5.30. The van der Waals surface area contributed by atoms with Crippen molar-refractivity contribution in [3.8, 4) is 6.07 Å². The molecule has 192 valence electrons. The number of allylic oxidation sites excluding steroid dienone is 2. The highest BCUT2D eigenvalue weighted by Gasteiger charge is 2.32. The van der Waals surface area contributed by atoms with Gasteiger partial charge in [-0.3, -0.25) is 14.6 Å². The van der Waals surface area contributed by atoms with Gasteiger partial charge in [-0.05, 0) is 38.3 Å². The van der Waals surface area contributed by atoms with Gasteiger partial charge in [0.2, 0.25) is 6.41 Å². The summed E-state index contributed by atoms with van der Waals surface area (Å²) in [6.45, 7) is 7.69. The predicted molar refractivity (Wildman–Crippen MR) is 146 cm³/mol. The van der Waals surface area contributed by atoms with Gasteiger partial charge in [-0.25, -0.2) is 0 Å². The van der Waals surface area contributed by atoms with E-state index in [4.69, 9.17) is 0 Å². The molecule has 1 saturated heterocycles. The number of carbonyl (C=O) groups excluding carboxylic acids is 2. The molecule has 3 aromatic rings. The first kappa shape index (κ1) is 25.9. The van der Waals surface area contributed by atoms with E-state index in [2.05, 4.69) is 26.6 Å². The van der Waals surface area contributed by atoms with E-state index in [1.165, 1.54) is 4.90 Å². The van der Waals surface area contributed by atoms with Gasteiger partial charge in [0.1, 0.15) is 23.1 Å². The Morgan fingerprint density at radius 2 is 2.05 bits per heavy atom. The maximum atomic E-state index is 13.8. The Labute approximate surface area is 217 Å². The Bertz CT molecular complexity index is 1350. The fourth-order valence-corrected chi connectivity index (χ4v) is 4.73. The number of carbonyl (C=O) groups is 2. The van der Waals surface area contributed by atoms with Gasteiger partial charge in [0.25, 0.3) is 5.91 Å². The smallest absolute Gasteiger partial charge is 0.270 e. The molecule has 4 rings (SSSR count). The lowest BCUT2D eigenvalue weighted by Crippen LogP contribution is -2.32. The number of nitriles is 1. The number of hydrogen-bond acceptors (Lipinski definition) is 6. The molecule has 1 aromatic carbocycles. The number of pyridine rings is 1. The van der Waals surface area contributed by atoms with Gasteiger partial charge in [0.05, 0.1) is 17.9 Å². The van der Waals surface area contributed by atoms with E-state index in [9.17, 15) is 14.9 Å². The molecule has 0 saturated carbocycles. The summed E-state index contributed by atoms with van der Waals surface area (Å²) in [5, 5.41) is 18.7. The number of anilines is 2. The highest BCUT2D eigenvalue weighted by atomic mass is 16.2. The number of nitrogens with one attached hydrogen (secondary N) is 2. The number of benzene rings is 1. The molecule has 9 nitrogen and oxygen atoms in total. The van der Waals surface area contributed by atoms with E-state index in [0.29, 0.717) is 36.6 Å². The van der Waals surface area contributed by atoms with Crippen molar-refractivity contribution >= 4 is 34.6 Å². The molecule has 1 aliphatic heterocycles. The first-order valence-electron chi connectivity index (χ1n) is 12.5. The largest absolute Gasteiger partial charge is 0.356 e. The molecule has 37 heavy (non-hydrogen) atoms. The molecule has 9 heteroatoms. The Kier molecular flexibility index (Phi) is 8.21. The van der Waals surface area contributed by atoms with Crippen LogP contribution in [-0.2, 0) is 17.9 Å². The van der Waals surface area contributed by atoms with Gasteiger partial charge in [-0.1, -0.05) is 35.9 Å². The van der Waals surface area contributed by atoms with Crippen LogP contribution in [-0.4, -0.2) is 55.1 Å². The van der Waals surface area contributed by atoms with E-state index in [0.717, 1.165) is 48.1 Å². The van der Waals surface area contributed by atoms with Crippen molar-refractivity contribution in [2.24, 2.45) is 0 Å². The molecule has 0 atom stereocenters. The summed E-state index contributed by atoms with van der Waals surface area (Å²) < 4.78 is 1.87. The third-order valence-electron chi connectivity index (χ3n) is 6.54. The molecule has 0 unspecified atom stereocenters. The van der Waals surface area contributed by atoms with Gasteiger partial charge in [-0.2, -0.15) is 5.26 Å². The van der Waals surface area contributed by atoms with Gasteiger partial charge in [0.15, 0.2) is 0 Å². The summed E-state index contributed by atoms with van der Waals surface area (Å²) in [5.74, 6) is 0.303. The van der Waals surface area contributed by atoms with Crippen molar-refractivity contribution < 1.29 is 9.59 Å². The maximum absolute atomic E-state index is 13.8. The Hall–Kier alpha value is -4.16. The SMILES string of the molecule is CC(C)=CCn1c(C(=O)NCc2nccc3ccccc23)c(N(C)C=O)c(C#N)c1N1CCCNCC1. The number of fused-ring (bicyclic) bond motifs is 1. The van der Waals surface area contributed by atoms with Crippen LogP contribution in [0.1, 0.15) is 42.0 Å². The Morgan fingerprint density at radius 3 is 2.81 bits per heavy atom. The lowest BCUT2D eigenvalue weighted by atomic mass is 10.1. The normalized spacial score (nSPS) is 13.5. The minimum Gasteiger partial charge on any atom is -0.356 e. The molecule has 2 aromatic heterocycles. The van der Waals surface area contributed by atoms with Crippen LogP contribution >= 0.6 is 0 Å². The molecule has 0 aliphatic carbocycles. The van der Waals surface area contributed by atoms with Crippen LogP contribution in [0.25, 0.3) is 10.8 Å². The highest BCUT2D eigenvalue weighted by molar-refractivity contribution is 6.04. The average molecular weight is 500 g/mol. The molecule has 1 fully saturated rings. The molecular formula is C28H33N7O2. The van der Waals surface area contributed by atoms with E-state index in [1.807, 2.05) is 54.8 Å². The van der Waals surface area contributed by atoms with Crippen LogP contribution < -0.4 is 20.4 Å². The van der Waals surface area contributed by atoms with Crippen LogP contribution in [0.4, 0.5) is 11.5 Å². The molecule has 2 amide bonds. The third-order valence-corrected chi connectivity index (χ3v) is 6.54. The second-order valence-electron chi connectivity index (χ2n) is 9.37. The average Bonchev–Trinajstić information content (AvgIpc) is 3.03. The highest BCUT2D eigenvalue weighted by Crippen LogP contribution is 2.37. The fraction of sp³-hybridized carbons (Fsp3) is 0.357. The molecule has 1 aliphatic rings. The van der Waals surface area contributed by atoms with Crippen LogP contribution in [0.5, 0.6) is 0 Å². The zero-order chi connectivity index (χ0) is 26.4. The lowest BCUT2D eigenvalue weighted by molar-refractivity contribution is -0.107. The molecular weight excluding hydrogens is 466 g/mol. The lowest BCUT2D eigenvalue weighted by Gasteiger charge is -2.25. The van der Waals surface area contributed by atoms with Crippen molar-refractivity contribution in [1.82, 2.24) is 20.2 Å². The summed E-state index contributed by atoms with van der Waals surface area (Å²) >= 11 is 0. The third kappa shape index (κ3) is 5.49. The maximum Gasteiger partial charge on any atom is 0.270 e. The number of rotatable bonds is 8. The van der Waals surface area contributed by atoms with E-state index in [-0.39, 0.29) is 18.1 Å². The Morgan fingerprint density at radius 1 is 1.24 bits per heavy atom. The van der Waals surface area contributed by atoms with Crippen molar-refractivity contribution in [1.29, 1.82) is 5.26 Å². The first-order chi connectivity index (χ1) is 18.0. The second-order valence-corrected chi connectivity index (χ2v) is 9.37. The van der Waals surface area contributed by atoms with Gasteiger partial charge in [-0.15, -0.1) is 0 Å². The monoisotopic (exact) mass is 499 g/mol. The van der Waals surface area contributed by atoms with Crippen molar-refractivity contribution in [2.45, 2.75) is 33.4 Å². The number of nitrogens with zero attached hydrogens (tertiary/aromatic N) is 5. The molecule has 0 radical (unpaired) electrons. The Balaban J connectivity index is 1.81. The van der Waals surface area contributed by atoms with Crippen molar-refractivity contribution in [3.05, 3.63) is 65.1 Å². The zero-order valence-corrected chi connectivity index (χ0v) is 21.6. The number of hydrogen-bond donors (Lipinski definition) is 2. The molecule has 3 heterocycles. The number of aromatic nitrogens is 2. The fourth-order valence-electron chi connectivity index (χ4n) is 4.73. The van der Waals surface area contributed by atoms with Gasteiger partial charge < -0.3 is 25.0 Å². The molecule has 0 spiro atoms. The first-order valence-corrected chi connectivity index (χ1v) is 12.5. The van der Waals surface area contributed by atoms with Crippen molar-refractivity contribution in [3.63, 3.8) is 0 Å².